The van der Waals surface area contributed by atoms with E-state index in [9.17, 15) is 4.79 Å². The van der Waals surface area contributed by atoms with Crippen molar-refractivity contribution in [2.45, 2.75) is 75.5 Å². The first-order valence-electron chi connectivity index (χ1n) is 17.1. The second-order valence-electron chi connectivity index (χ2n) is 13.6. The summed E-state index contributed by atoms with van der Waals surface area (Å²) < 4.78 is 28.8. The second kappa shape index (κ2) is 12.2. The lowest BCUT2D eigenvalue weighted by Gasteiger charge is -2.35. The molecule has 2 aromatic carbocycles. The number of aryl methyl sites for hydroxylation is 1. The fourth-order valence-electron chi connectivity index (χ4n) is 8.63. The number of fused-ring (bicyclic) bond motifs is 5. The molecule has 8 rings (SSSR count). The number of amides is 1. The zero-order valence-corrected chi connectivity index (χ0v) is 27.1. The minimum Gasteiger partial charge on any atom is -0.461 e. The number of nitrogens with one attached hydrogen (secondary N) is 2. The van der Waals surface area contributed by atoms with Crippen LogP contribution >= 0.6 is 0 Å². The molecule has 4 aliphatic heterocycles. The van der Waals surface area contributed by atoms with Crippen molar-refractivity contribution in [3.05, 3.63) is 54.0 Å². The van der Waals surface area contributed by atoms with Gasteiger partial charge in [0.05, 0.1) is 10.9 Å². The molecule has 4 aromatic rings. The van der Waals surface area contributed by atoms with E-state index in [1.807, 2.05) is 18.2 Å². The summed E-state index contributed by atoms with van der Waals surface area (Å²) in [6, 6.07) is 13.3. The summed E-state index contributed by atoms with van der Waals surface area (Å²) in [7, 11) is 1.57. The minimum absolute atomic E-state index is 0.141. The molecule has 2 bridgehead atoms. The number of ether oxygens (including phenoxy) is 2. The number of rotatable bonds is 8. The number of hydrogen-bond donors (Lipinski definition) is 2. The van der Waals surface area contributed by atoms with E-state index in [2.05, 4.69) is 45.6 Å². The number of carbonyl (C=O) groups is 1. The zero-order valence-electron chi connectivity index (χ0n) is 27.1. The summed E-state index contributed by atoms with van der Waals surface area (Å²) in [4.78, 5) is 30.9. The first-order valence-corrected chi connectivity index (χ1v) is 17.1. The molecule has 0 spiro atoms. The van der Waals surface area contributed by atoms with Crippen LogP contribution in [0.3, 0.4) is 0 Å². The molecule has 47 heavy (non-hydrogen) atoms. The highest BCUT2D eigenvalue weighted by Gasteiger charge is 2.50. The largest absolute Gasteiger partial charge is 0.461 e. The Hall–Kier alpha value is -4.09. The Balaban J connectivity index is 1.17. The Labute approximate surface area is 274 Å². The lowest BCUT2D eigenvalue weighted by atomic mass is 9.95. The molecule has 0 aliphatic carbocycles. The Morgan fingerprint density at radius 2 is 1.91 bits per heavy atom. The summed E-state index contributed by atoms with van der Waals surface area (Å²) in [6.07, 6.45) is 8.27. The van der Waals surface area contributed by atoms with Gasteiger partial charge in [-0.25, -0.2) is 9.18 Å². The Morgan fingerprint density at radius 3 is 2.70 bits per heavy atom. The third kappa shape index (κ3) is 5.33. The number of anilines is 1. The Kier molecular flexibility index (Phi) is 7.84. The quantitative estimate of drug-likeness (QED) is 0.269. The minimum atomic E-state index is -0.458. The highest BCUT2D eigenvalue weighted by Crippen LogP contribution is 2.43. The predicted octanol–water partition coefficient (Wildman–Crippen LogP) is 5.22. The molecule has 4 atom stereocenters. The smallest absolute Gasteiger partial charge is 0.406 e. The molecule has 4 fully saturated rings. The fraction of sp³-hybridized carbons (Fsp3) is 0.500. The number of alkyl carbamates (subject to hydrolysis) is 1. The fourth-order valence-corrected chi connectivity index (χ4v) is 8.63. The molecule has 2 aromatic heterocycles. The Bertz CT molecular complexity index is 1820. The number of nitrogens with zero attached hydrogens (tertiary/aromatic N) is 5. The van der Waals surface area contributed by atoms with Gasteiger partial charge in [0.2, 0.25) is 0 Å². The number of piperazine rings is 1. The topological polar surface area (TPSA) is 105 Å². The Morgan fingerprint density at radius 1 is 1.11 bits per heavy atom. The predicted molar refractivity (Wildman–Crippen MR) is 179 cm³/mol. The normalized spacial score (nSPS) is 25.4. The van der Waals surface area contributed by atoms with Crippen molar-refractivity contribution in [2.24, 2.45) is 0 Å². The molecule has 0 radical (unpaired) electrons. The molecule has 2 unspecified atom stereocenters. The summed E-state index contributed by atoms with van der Waals surface area (Å²) in [5.41, 5.74) is 2.24. The SMILES string of the molecule is CCc1cccc2cccc(-c3ncc4c(N5CC6CCC(C5)N6)nc(OC[C@]56CCCN5[C@@H](COC(=O)NC)CC6)nc4c3F)c12. The van der Waals surface area contributed by atoms with Crippen molar-refractivity contribution in [1.29, 1.82) is 0 Å². The van der Waals surface area contributed by atoms with E-state index in [1.54, 1.807) is 13.2 Å². The summed E-state index contributed by atoms with van der Waals surface area (Å²) in [5.74, 6) is 0.220. The summed E-state index contributed by atoms with van der Waals surface area (Å²) in [5, 5.41) is 8.89. The molecule has 246 valence electrons. The van der Waals surface area contributed by atoms with E-state index in [0.29, 0.717) is 36.5 Å². The molecular weight excluding hydrogens is 597 g/mol. The standard InChI is InChI=1S/C36H42FN7O3/c1-3-22-7-4-8-23-9-5-10-27(29(22)23)31-30(37)32-28(17-39-31)33(43-18-24-11-12-25(19-43)40-24)42-34(41-32)47-21-36-14-6-16-44(36)26(13-15-36)20-46-35(45)38-2/h4-5,7-10,17,24-26,40H,3,6,11-16,18-21H2,1-2H3,(H,38,45)/t24?,25?,26-,36-/m1/s1. The maximum atomic E-state index is 16.9. The average molecular weight is 640 g/mol. The highest BCUT2D eigenvalue weighted by atomic mass is 19.1. The molecule has 11 heteroatoms. The highest BCUT2D eigenvalue weighted by molar-refractivity contribution is 6.00. The van der Waals surface area contributed by atoms with Gasteiger partial charge < -0.3 is 25.0 Å². The summed E-state index contributed by atoms with van der Waals surface area (Å²) >= 11 is 0. The number of aromatic nitrogens is 3. The van der Waals surface area contributed by atoms with E-state index in [1.165, 1.54) is 0 Å². The van der Waals surface area contributed by atoms with E-state index in [4.69, 9.17) is 24.4 Å². The van der Waals surface area contributed by atoms with Crippen molar-refractivity contribution in [3.8, 4) is 17.3 Å². The van der Waals surface area contributed by atoms with Crippen LogP contribution in [0.15, 0.2) is 42.6 Å². The first-order chi connectivity index (χ1) is 23.0. The summed E-state index contributed by atoms with van der Waals surface area (Å²) in [6.45, 7) is 5.36. The maximum absolute atomic E-state index is 16.9. The van der Waals surface area contributed by atoms with Gasteiger partial charge in [-0.05, 0) is 67.8 Å². The van der Waals surface area contributed by atoms with Crippen LogP contribution < -0.4 is 20.3 Å². The van der Waals surface area contributed by atoms with E-state index in [0.717, 1.165) is 86.5 Å². The zero-order chi connectivity index (χ0) is 32.1. The third-order valence-corrected chi connectivity index (χ3v) is 10.9. The van der Waals surface area contributed by atoms with Crippen molar-refractivity contribution in [2.75, 3.05) is 44.8 Å². The van der Waals surface area contributed by atoms with Gasteiger partial charge in [-0.15, -0.1) is 0 Å². The van der Waals surface area contributed by atoms with Crippen LogP contribution in [0, 0.1) is 5.82 Å². The average Bonchev–Trinajstić information content (AvgIpc) is 3.78. The monoisotopic (exact) mass is 639 g/mol. The van der Waals surface area contributed by atoms with E-state index < -0.39 is 11.9 Å². The van der Waals surface area contributed by atoms with Crippen LogP contribution in [0.4, 0.5) is 15.0 Å². The van der Waals surface area contributed by atoms with Crippen molar-refractivity contribution in [3.63, 3.8) is 0 Å². The number of benzene rings is 2. The third-order valence-electron chi connectivity index (χ3n) is 10.9. The van der Waals surface area contributed by atoms with Crippen LogP contribution in [0.25, 0.3) is 32.9 Å². The molecule has 1 amide bonds. The first kappa shape index (κ1) is 30.3. The lowest BCUT2D eigenvalue weighted by Crippen LogP contribution is -2.51. The molecule has 0 saturated carbocycles. The molecule has 2 N–H and O–H groups in total. The van der Waals surface area contributed by atoms with Crippen molar-refractivity contribution >= 4 is 33.6 Å². The maximum Gasteiger partial charge on any atom is 0.406 e. The van der Waals surface area contributed by atoms with Crippen molar-refractivity contribution < 1.29 is 18.7 Å². The van der Waals surface area contributed by atoms with Crippen LogP contribution in [0.2, 0.25) is 0 Å². The van der Waals surface area contributed by atoms with Gasteiger partial charge in [-0.1, -0.05) is 43.3 Å². The number of hydrogen-bond acceptors (Lipinski definition) is 9. The van der Waals surface area contributed by atoms with E-state index >= 15 is 4.39 Å². The van der Waals surface area contributed by atoms with Crippen LogP contribution in [-0.2, 0) is 11.2 Å². The van der Waals surface area contributed by atoms with Gasteiger partial charge in [0.25, 0.3) is 0 Å². The van der Waals surface area contributed by atoms with Gasteiger partial charge in [-0.2, -0.15) is 9.97 Å². The van der Waals surface area contributed by atoms with Crippen molar-refractivity contribution in [1.82, 2.24) is 30.5 Å². The number of pyridine rings is 1. The van der Waals surface area contributed by atoms with Gasteiger partial charge >= 0.3 is 12.1 Å². The van der Waals surface area contributed by atoms with Gasteiger partial charge in [0.1, 0.15) is 30.2 Å². The van der Waals surface area contributed by atoms with Crippen LogP contribution in [-0.4, -0.2) is 89.5 Å². The molecule has 4 aliphatic rings. The van der Waals surface area contributed by atoms with Gasteiger partial charge in [0, 0.05) is 50.0 Å². The number of halogens is 1. The lowest BCUT2D eigenvalue weighted by molar-refractivity contribution is 0.0556. The number of carbonyl (C=O) groups excluding carboxylic acids is 1. The van der Waals surface area contributed by atoms with E-state index in [-0.39, 0.29) is 28.8 Å². The molecular formula is C36H42FN7O3. The molecule has 6 heterocycles. The molecule has 4 saturated heterocycles. The van der Waals surface area contributed by atoms with Crippen LogP contribution in [0.5, 0.6) is 6.01 Å². The van der Waals surface area contributed by atoms with Gasteiger partial charge in [-0.3, -0.25) is 9.88 Å². The molecule has 10 nitrogen and oxygen atoms in total. The van der Waals surface area contributed by atoms with Crippen LogP contribution in [0.1, 0.15) is 51.0 Å². The van der Waals surface area contributed by atoms with Gasteiger partial charge in [0.15, 0.2) is 5.82 Å². The second-order valence-corrected chi connectivity index (χ2v) is 13.6.